The number of hydrogen-bond acceptors (Lipinski definition) is 4. The highest BCUT2D eigenvalue weighted by atomic mass is 19.3. The Hall–Kier alpha value is -1.50. The van der Waals surface area contributed by atoms with E-state index in [2.05, 4.69) is 9.40 Å². The second-order valence-electron chi connectivity index (χ2n) is 2.64. The molecule has 0 radical (unpaired) electrons. The van der Waals surface area contributed by atoms with E-state index in [4.69, 9.17) is 10.8 Å². The first-order valence-electron chi connectivity index (χ1n) is 3.67. The summed E-state index contributed by atoms with van der Waals surface area (Å²) in [5, 5.41) is 8.52. The van der Waals surface area contributed by atoms with Gasteiger partial charge in [-0.15, -0.1) is 0 Å². The number of rotatable bonds is 3. The minimum atomic E-state index is -3.43. The van der Waals surface area contributed by atoms with Crippen LogP contribution in [-0.2, 0) is 5.92 Å². The van der Waals surface area contributed by atoms with Crippen molar-refractivity contribution in [2.45, 2.75) is 12.8 Å². The van der Waals surface area contributed by atoms with Gasteiger partial charge >= 0.3 is 11.9 Å². The second kappa shape index (κ2) is 3.33. The lowest BCUT2D eigenvalue weighted by Crippen LogP contribution is -2.25. The van der Waals surface area contributed by atoms with Gasteiger partial charge in [0.25, 0.3) is 5.89 Å². The highest BCUT2D eigenvalue weighted by Gasteiger charge is 2.37. The molecule has 1 heterocycles. The largest absolute Gasteiger partial charge is 0.476 e. The second-order valence-corrected chi connectivity index (χ2v) is 2.64. The van der Waals surface area contributed by atoms with E-state index in [1.54, 1.807) is 0 Å². The van der Waals surface area contributed by atoms with Crippen molar-refractivity contribution in [2.24, 2.45) is 5.73 Å². The molecule has 0 saturated heterocycles. The lowest BCUT2D eigenvalue weighted by molar-refractivity contribution is -0.0219. The first-order valence-corrected chi connectivity index (χ1v) is 3.67. The van der Waals surface area contributed by atoms with Crippen LogP contribution in [0.2, 0.25) is 0 Å². The molecule has 5 nitrogen and oxygen atoms in total. The Bertz CT molecular complexity index is 362. The van der Waals surface area contributed by atoms with Crippen molar-refractivity contribution in [3.63, 3.8) is 0 Å². The molecule has 0 aliphatic rings. The Labute approximate surface area is 77.5 Å². The van der Waals surface area contributed by atoms with Gasteiger partial charge in [0.15, 0.2) is 5.69 Å². The fourth-order valence-corrected chi connectivity index (χ4v) is 0.839. The Morgan fingerprint density at radius 2 is 2.29 bits per heavy atom. The van der Waals surface area contributed by atoms with E-state index in [1.807, 2.05) is 0 Å². The molecule has 1 aromatic rings. The summed E-state index contributed by atoms with van der Waals surface area (Å²) in [5.74, 6) is -5.97. The van der Waals surface area contributed by atoms with Crippen LogP contribution in [0.3, 0.4) is 0 Å². The van der Waals surface area contributed by atoms with Gasteiger partial charge in [0.05, 0.1) is 6.54 Å². The summed E-state index contributed by atoms with van der Waals surface area (Å²) in [6.07, 6.45) is 0. The molecule has 0 aliphatic heterocycles. The minimum absolute atomic E-state index is 0.166. The first-order chi connectivity index (χ1) is 6.38. The number of aromatic carboxylic acids is 1. The molecular weight excluding hydrogens is 198 g/mol. The van der Waals surface area contributed by atoms with Gasteiger partial charge < -0.3 is 15.3 Å². The number of aromatic nitrogens is 1. The number of aryl methyl sites for hydroxylation is 1. The number of halogens is 2. The van der Waals surface area contributed by atoms with Crippen LogP contribution in [-0.4, -0.2) is 22.6 Å². The molecule has 0 aliphatic carbocycles. The molecule has 0 spiro atoms. The number of carboxylic acids is 1. The molecule has 0 unspecified atom stereocenters. The van der Waals surface area contributed by atoms with E-state index in [1.165, 1.54) is 6.92 Å². The van der Waals surface area contributed by atoms with Gasteiger partial charge in [0.1, 0.15) is 5.76 Å². The van der Waals surface area contributed by atoms with Gasteiger partial charge in [-0.25, -0.2) is 9.78 Å². The van der Waals surface area contributed by atoms with Crippen molar-refractivity contribution in [1.82, 2.24) is 4.98 Å². The quantitative estimate of drug-likeness (QED) is 0.760. The van der Waals surface area contributed by atoms with Gasteiger partial charge in [-0.1, -0.05) is 0 Å². The lowest BCUT2D eigenvalue weighted by atomic mass is 10.3. The topological polar surface area (TPSA) is 89.4 Å². The van der Waals surface area contributed by atoms with Crippen LogP contribution in [0.4, 0.5) is 8.78 Å². The van der Waals surface area contributed by atoms with E-state index in [-0.39, 0.29) is 5.76 Å². The normalized spacial score (nSPS) is 11.7. The molecule has 0 amide bonds. The standard InChI is InChI=1S/C7H8F2N2O3/c1-3-4(5(12)13)11-6(14-3)7(8,9)2-10/h2,10H2,1H3,(H,12,13). The summed E-state index contributed by atoms with van der Waals surface area (Å²) < 4.78 is 30.2. The van der Waals surface area contributed by atoms with Crippen molar-refractivity contribution in [1.29, 1.82) is 0 Å². The maximum atomic E-state index is 12.9. The predicted molar refractivity (Wildman–Crippen MR) is 41.1 cm³/mol. The summed E-state index contributed by atoms with van der Waals surface area (Å²) in [5.41, 5.74) is 4.26. The highest BCUT2D eigenvalue weighted by molar-refractivity contribution is 5.86. The molecule has 0 atom stereocenters. The van der Waals surface area contributed by atoms with Crippen molar-refractivity contribution in [3.05, 3.63) is 17.3 Å². The molecule has 0 fully saturated rings. The Morgan fingerprint density at radius 1 is 1.71 bits per heavy atom. The molecule has 3 N–H and O–H groups in total. The zero-order chi connectivity index (χ0) is 10.9. The Kier molecular flexibility index (Phi) is 2.52. The third kappa shape index (κ3) is 1.72. The number of carboxylic acid groups (broad SMARTS) is 1. The monoisotopic (exact) mass is 206 g/mol. The average Bonchev–Trinajstić information content (AvgIpc) is 2.48. The van der Waals surface area contributed by atoms with Gasteiger partial charge in [0, 0.05) is 0 Å². The molecule has 1 rings (SSSR count). The van der Waals surface area contributed by atoms with Crippen LogP contribution in [0.5, 0.6) is 0 Å². The fourth-order valence-electron chi connectivity index (χ4n) is 0.839. The number of oxazole rings is 1. The number of alkyl halides is 2. The molecule has 7 heteroatoms. The fraction of sp³-hybridized carbons (Fsp3) is 0.429. The Balaban J connectivity index is 3.15. The lowest BCUT2D eigenvalue weighted by Gasteiger charge is -2.07. The van der Waals surface area contributed by atoms with Crippen LogP contribution in [0.15, 0.2) is 4.42 Å². The number of carbonyl (C=O) groups is 1. The van der Waals surface area contributed by atoms with Crippen molar-refractivity contribution >= 4 is 5.97 Å². The summed E-state index contributed by atoms with van der Waals surface area (Å²) >= 11 is 0. The molecule has 0 saturated carbocycles. The van der Waals surface area contributed by atoms with Crippen LogP contribution >= 0.6 is 0 Å². The smallest absolute Gasteiger partial charge is 0.358 e. The summed E-state index contributed by atoms with van der Waals surface area (Å²) in [6, 6.07) is 0. The van der Waals surface area contributed by atoms with E-state index in [0.29, 0.717) is 0 Å². The van der Waals surface area contributed by atoms with E-state index in [0.717, 1.165) is 0 Å². The third-order valence-corrected chi connectivity index (χ3v) is 1.57. The third-order valence-electron chi connectivity index (χ3n) is 1.57. The SMILES string of the molecule is Cc1oc(C(F)(F)CN)nc1C(=O)O. The molecule has 14 heavy (non-hydrogen) atoms. The van der Waals surface area contributed by atoms with E-state index < -0.39 is 30.0 Å². The van der Waals surface area contributed by atoms with Gasteiger partial charge in [-0.3, -0.25) is 0 Å². The van der Waals surface area contributed by atoms with Crippen LogP contribution in [0.25, 0.3) is 0 Å². The van der Waals surface area contributed by atoms with Crippen LogP contribution in [0, 0.1) is 6.92 Å². The van der Waals surface area contributed by atoms with Crippen molar-refractivity contribution < 1.29 is 23.1 Å². The minimum Gasteiger partial charge on any atom is -0.476 e. The molecule has 0 bridgehead atoms. The molecule has 0 aromatic carbocycles. The predicted octanol–water partition coefficient (Wildman–Crippen LogP) is 0.732. The summed E-state index contributed by atoms with van der Waals surface area (Å²) in [6.45, 7) is 0.262. The zero-order valence-electron chi connectivity index (χ0n) is 7.25. The average molecular weight is 206 g/mol. The van der Waals surface area contributed by atoms with Gasteiger partial charge in [-0.2, -0.15) is 8.78 Å². The van der Waals surface area contributed by atoms with E-state index >= 15 is 0 Å². The van der Waals surface area contributed by atoms with Gasteiger partial charge in [0.2, 0.25) is 0 Å². The Morgan fingerprint density at radius 3 is 2.64 bits per heavy atom. The summed E-state index contributed by atoms with van der Waals surface area (Å²) in [4.78, 5) is 13.6. The van der Waals surface area contributed by atoms with Gasteiger partial charge in [-0.05, 0) is 6.92 Å². The van der Waals surface area contributed by atoms with Crippen LogP contribution in [0.1, 0.15) is 22.1 Å². The number of hydrogen-bond donors (Lipinski definition) is 2. The van der Waals surface area contributed by atoms with E-state index in [9.17, 15) is 13.6 Å². The molecular formula is C7H8F2N2O3. The van der Waals surface area contributed by atoms with Crippen molar-refractivity contribution in [2.75, 3.05) is 6.54 Å². The van der Waals surface area contributed by atoms with Crippen LogP contribution < -0.4 is 5.73 Å². The van der Waals surface area contributed by atoms with Crippen molar-refractivity contribution in [3.8, 4) is 0 Å². The highest BCUT2D eigenvalue weighted by Crippen LogP contribution is 2.27. The zero-order valence-corrected chi connectivity index (χ0v) is 7.25. The first kappa shape index (κ1) is 10.6. The number of nitrogens with zero attached hydrogens (tertiary/aromatic N) is 1. The number of nitrogens with two attached hydrogens (primary N) is 1. The summed E-state index contributed by atoms with van der Waals surface area (Å²) in [7, 11) is 0. The molecule has 1 aromatic heterocycles. The molecule has 78 valence electrons. The maximum absolute atomic E-state index is 12.9. The maximum Gasteiger partial charge on any atom is 0.358 e.